The summed E-state index contributed by atoms with van der Waals surface area (Å²) in [7, 11) is 0. The third kappa shape index (κ3) is 0.663. The molecule has 1 atom stereocenters. The highest BCUT2D eigenvalue weighted by Crippen LogP contribution is 1.83. The van der Waals surface area contributed by atoms with E-state index in [1.165, 1.54) is 6.08 Å². The normalized spacial score (nSPS) is 27.8. The molecule has 2 heterocycles. The van der Waals surface area contributed by atoms with Crippen molar-refractivity contribution >= 4 is 11.9 Å². The van der Waals surface area contributed by atoms with E-state index in [0.29, 0.717) is 5.96 Å². The van der Waals surface area contributed by atoms with Crippen molar-refractivity contribution in [1.29, 1.82) is 0 Å². The smallest absolute Gasteiger partial charge is 0.269 e. The number of carbonyl (C=O) groups excluding carboxylic acids is 1. The Bertz CT molecular complexity index is 264. The Morgan fingerprint density at radius 2 is 2.40 bits per heavy atom. The maximum absolute atomic E-state index is 10.7. The molecule has 2 N–H and O–H groups in total. The van der Waals surface area contributed by atoms with Gasteiger partial charge in [0.25, 0.3) is 5.91 Å². The van der Waals surface area contributed by atoms with Crippen molar-refractivity contribution in [3.05, 3.63) is 24.7 Å². The number of quaternary nitrogens is 1. The molecule has 0 saturated heterocycles. The van der Waals surface area contributed by atoms with Crippen molar-refractivity contribution in [1.82, 2.24) is 5.32 Å². The molecule has 0 spiro atoms. The predicted molar refractivity (Wildman–Crippen MR) is 34.8 cm³/mol. The second-order valence-electron chi connectivity index (χ2n) is 2.07. The molecular weight excluding hydrogens is 130 g/mol. The van der Waals surface area contributed by atoms with E-state index in [2.05, 4.69) is 10.3 Å². The lowest BCUT2D eigenvalue weighted by Gasteiger charge is -2.10. The minimum atomic E-state index is -0.105. The zero-order chi connectivity index (χ0) is 6.97. The van der Waals surface area contributed by atoms with Gasteiger partial charge in [0.05, 0.1) is 12.3 Å². The average Bonchev–Trinajstić information content (AvgIpc) is 2.33. The molecule has 1 unspecified atom stereocenters. The molecule has 4 nitrogen and oxygen atoms in total. The van der Waals surface area contributed by atoms with Gasteiger partial charge in [0.15, 0.2) is 0 Å². The molecule has 0 bridgehead atoms. The largest absolute Gasteiger partial charge is 0.317 e. The lowest BCUT2D eigenvalue weighted by atomic mass is 10.5. The van der Waals surface area contributed by atoms with Crippen molar-refractivity contribution in [2.75, 3.05) is 0 Å². The Morgan fingerprint density at radius 3 is 3.30 bits per heavy atom. The van der Waals surface area contributed by atoms with Gasteiger partial charge >= 0.3 is 5.96 Å². The van der Waals surface area contributed by atoms with Crippen LogP contribution in [-0.2, 0) is 4.79 Å². The molecule has 0 aromatic carbocycles. The first kappa shape index (κ1) is 5.37. The minimum Gasteiger partial charge on any atom is -0.269 e. The lowest BCUT2D eigenvalue weighted by Crippen LogP contribution is -3.08. The van der Waals surface area contributed by atoms with Gasteiger partial charge in [-0.1, -0.05) is 0 Å². The molecular formula is C6H6N3O+. The Morgan fingerprint density at radius 1 is 1.50 bits per heavy atom. The number of nitrogens with zero attached hydrogens (tertiary/aromatic N) is 1. The van der Waals surface area contributed by atoms with E-state index in [9.17, 15) is 4.79 Å². The highest BCUT2D eigenvalue weighted by Gasteiger charge is 2.22. The number of amides is 1. The topological polar surface area (TPSA) is 45.9 Å². The standard InChI is InChI=1S/C6H5N3O/c10-5-1-3-9-4-2-7-6(9)8-5/h1-4H,(H,7,8,10)/p+1. The lowest BCUT2D eigenvalue weighted by molar-refractivity contribution is -0.683. The molecule has 50 valence electrons. The van der Waals surface area contributed by atoms with Gasteiger partial charge in [-0.3, -0.25) is 10.1 Å². The molecule has 2 aliphatic rings. The maximum atomic E-state index is 10.7. The zero-order valence-corrected chi connectivity index (χ0v) is 5.16. The Hall–Kier alpha value is -1.42. The predicted octanol–water partition coefficient (Wildman–Crippen LogP) is -1.64. The first-order valence-corrected chi connectivity index (χ1v) is 2.97. The van der Waals surface area contributed by atoms with Crippen LogP contribution in [0.15, 0.2) is 29.7 Å². The van der Waals surface area contributed by atoms with Crippen LogP contribution in [0.5, 0.6) is 0 Å². The van der Waals surface area contributed by atoms with Crippen LogP contribution in [0, 0.1) is 0 Å². The van der Waals surface area contributed by atoms with E-state index in [4.69, 9.17) is 0 Å². The van der Waals surface area contributed by atoms with Gasteiger partial charge < -0.3 is 0 Å². The third-order valence-corrected chi connectivity index (χ3v) is 1.39. The molecule has 1 amide bonds. The fourth-order valence-corrected chi connectivity index (χ4v) is 0.908. The van der Waals surface area contributed by atoms with Gasteiger partial charge in [0.2, 0.25) is 0 Å². The molecule has 2 aliphatic heterocycles. The summed E-state index contributed by atoms with van der Waals surface area (Å²) in [6, 6.07) is 0. The summed E-state index contributed by atoms with van der Waals surface area (Å²) in [6.45, 7) is 0. The van der Waals surface area contributed by atoms with E-state index < -0.39 is 0 Å². The number of nitrogens with one attached hydrogen (secondary N) is 2. The van der Waals surface area contributed by atoms with E-state index in [1.54, 1.807) is 12.4 Å². The van der Waals surface area contributed by atoms with Crippen molar-refractivity contribution in [3.8, 4) is 0 Å². The first-order valence-electron chi connectivity index (χ1n) is 2.97. The first-order chi connectivity index (χ1) is 4.86. The summed E-state index contributed by atoms with van der Waals surface area (Å²) in [6.07, 6.45) is 6.76. The van der Waals surface area contributed by atoms with E-state index >= 15 is 0 Å². The van der Waals surface area contributed by atoms with Crippen molar-refractivity contribution in [2.24, 2.45) is 4.99 Å². The third-order valence-electron chi connectivity index (χ3n) is 1.39. The van der Waals surface area contributed by atoms with E-state index in [-0.39, 0.29) is 5.91 Å². The Labute approximate surface area is 57.5 Å². The number of aliphatic imine (C=N–C) groups is 1. The van der Waals surface area contributed by atoms with Crippen LogP contribution in [0.1, 0.15) is 0 Å². The Balaban J connectivity index is 2.35. The quantitative estimate of drug-likeness (QED) is 0.412. The van der Waals surface area contributed by atoms with Gasteiger partial charge in [-0.25, -0.2) is 4.90 Å². The number of carbonyl (C=O) groups is 1. The molecule has 10 heavy (non-hydrogen) atoms. The second kappa shape index (κ2) is 1.78. The number of guanidine groups is 1. The average molecular weight is 136 g/mol. The van der Waals surface area contributed by atoms with Gasteiger partial charge in [-0.15, -0.1) is 0 Å². The molecule has 2 rings (SSSR count). The number of hydrogen-bond donors (Lipinski definition) is 2. The molecule has 0 aliphatic carbocycles. The van der Waals surface area contributed by atoms with Crippen LogP contribution in [-0.4, -0.2) is 11.9 Å². The summed E-state index contributed by atoms with van der Waals surface area (Å²) in [5.41, 5.74) is 0. The highest BCUT2D eigenvalue weighted by molar-refractivity contribution is 6.01. The summed E-state index contributed by atoms with van der Waals surface area (Å²) < 4.78 is 0. The fourth-order valence-electron chi connectivity index (χ4n) is 0.908. The number of hydrogen-bond acceptors (Lipinski definition) is 2. The van der Waals surface area contributed by atoms with Crippen LogP contribution >= 0.6 is 0 Å². The summed E-state index contributed by atoms with van der Waals surface area (Å²) in [4.78, 5) is 15.6. The maximum Gasteiger partial charge on any atom is 0.317 e. The molecule has 0 aromatic rings. The van der Waals surface area contributed by atoms with E-state index in [1.807, 2.05) is 6.20 Å². The number of rotatable bonds is 0. The monoisotopic (exact) mass is 136 g/mol. The van der Waals surface area contributed by atoms with Crippen LogP contribution < -0.4 is 10.2 Å². The van der Waals surface area contributed by atoms with Crippen molar-refractivity contribution in [2.45, 2.75) is 0 Å². The molecule has 0 aromatic heterocycles. The van der Waals surface area contributed by atoms with Crippen LogP contribution in [0.25, 0.3) is 0 Å². The second-order valence-corrected chi connectivity index (χ2v) is 2.07. The summed E-state index contributed by atoms with van der Waals surface area (Å²) in [5.74, 6) is 0.554. The molecule has 0 fully saturated rings. The van der Waals surface area contributed by atoms with Crippen molar-refractivity contribution in [3.63, 3.8) is 0 Å². The van der Waals surface area contributed by atoms with E-state index in [0.717, 1.165) is 4.90 Å². The zero-order valence-electron chi connectivity index (χ0n) is 5.16. The molecule has 4 heteroatoms. The van der Waals surface area contributed by atoms with Gasteiger partial charge in [0, 0.05) is 0 Å². The van der Waals surface area contributed by atoms with Crippen LogP contribution in [0.3, 0.4) is 0 Å². The summed E-state index contributed by atoms with van der Waals surface area (Å²) in [5, 5.41) is 2.60. The highest BCUT2D eigenvalue weighted by atomic mass is 16.1. The van der Waals surface area contributed by atoms with Crippen LogP contribution in [0.2, 0.25) is 0 Å². The van der Waals surface area contributed by atoms with Crippen LogP contribution in [0.4, 0.5) is 0 Å². The minimum absolute atomic E-state index is 0.105. The Kier molecular flexibility index (Phi) is 0.956. The van der Waals surface area contributed by atoms with Crippen molar-refractivity contribution < 1.29 is 9.69 Å². The SMILES string of the molecule is O=C1C=C[NH+]2C=CN=C2N1. The fraction of sp³-hybridized carbons (Fsp3) is 0. The van der Waals surface area contributed by atoms with Gasteiger partial charge in [-0.2, -0.15) is 4.99 Å². The van der Waals surface area contributed by atoms with Gasteiger partial charge in [-0.05, 0) is 0 Å². The molecule has 0 radical (unpaired) electrons. The number of fused-ring (bicyclic) bond motifs is 1. The summed E-state index contributed by atoms with van der Waals surface area (Å²) >= 11 is 0. The van der Waals surface area contributed by atoms with Gasteiger partial charge in [0.1, 0.15) is 12.4 Å². The molecule has 0 saturated carbocycles.